The highest BCUT2D eigenvalue weighted by atomic mass is 16.3. The minimum absolute atomic E-state index is 0.579. The van der Waals surface area contributed by atoms with E-state index < -0.39 is 5.60 Å². The molecule has 3 rings (SSSR count). The van der Waals surface area contributed by atoms with Gasteiger partial charge in [-0.2, -0.15) is 5.10 Å². The fourth-order valence-corrected chi connectivity index (χ4v) is 3.37. The molecule has 0 spiro atoms. The summed E-state index contributed by atoms with van der Waals surface area (Å²) in [6.45, 7) is 2.85. The van der Waals surface area contributed by atoms with Crippen molar-refractivity contribution < 1.29 is 5.11 Å². The van der Waals surface area contributed by atoms with Gasteiger partial charge in [0.2, 0.25) is 0 Å². The quantitative estimate of drug-likeness (QED) is 0.939. The lowest BCUT2D eigenvalue weighted by molar-refractivity contribution is -0.00295. The van der Waals surface area contributed by atoms with Gasteiger partial charge in [0.25, 0.3) is 0 Å². The Labute approximate surface area is 125 Å². The molecule has 1 fully saturated rings. The maximum atomic E-state index is 10.8. The first-order valence-electron chi connectivity index (χ1n) is 7.84. The molecule has 0 atom stereocenters. The van der Waals surface area contributed by atoms with Crippen molar-refractivity contribution in [1.82, 2.24) is 14.8 Å². The van der Waals surface area contributed by atoms with Gasteiger partial charge in [0.05, 0.1) is 5.60 Å². The van der Waals surface area contributed by atoms with E-state index in [4.69, 9.17) is 0 Å². The van der Waals surface area contributed by atoms with Crippen LogP contribution in [-0.4, -0.2) is 25.5 Å². The van der Waals surface area contributed by atoms with Gasteiger partial charge in [0, 0.05) is 13.0 Å². The Kier molecular flexibility index (Phi) is 4.06. The number of benzene rings is 1. The molecule has 1 aliphatic rings. The van der Waals surface area contributed by atoms with Crippen molar-refractivity contribution >= 4 is 0 Å². The van der Waals surface area contributed by atoms with Gasteiger partial charge in [-0.3, -0.25) is 4.68 Å². The molecule has 112 valence electrons. The van der Waals surface area contributed by atoms with E-state index in [1.165, 1.54) is 5.56 Å². The predicted octanol–water partition coefficient (Wildman–Crippen LogP) is 2.93. The standard InChI is InChI=1S/C17H23N3O/c1-2-20-16(18-13-19-20)12-17(21)10-8-15(9-11-17)14-6-4-3-5-7-14/h3-7,13,15,21H,2,8-12H2,1H3. The second-order valence-corrected chi connectivity index (χ2v) is 6.08. The van der Waals surface area contributed by atoms with Crippen LogP contribution in [0.5, 0.6) is 0 Å². The van der Waals surface area contributed by atoms with Crippen molar-refractivity contribution in [3.05, 3.63) is 48.0 Å². The van der Waals surface area contributed by atoms with Crippen LogP contribution in [0.1, 0.15) is 49.9 Å². The Morgan fingerprint density at radius 3 is 2.62 bits per heavy atom. The summed E-state index contributed by atoms with van der Waals surface area (Å²) in [6, 6.07) is 10.6. The minimum Gasteiger partial charge on any atom is -0.389 e. The van der Waals surface area contributed by atoms with E-state index in [1.54, 1.807) is 6.33 Å². The summed E-state index contributed by atoms with van der Waals surface area (Å²) in [5.74, 6) is 1.48. The summed E-state index contributed by atoms with van der Waals surface area (Å²) in [6.07, 6.45) is 5.95. The van der Waals surface area contributed by atoms with Gasteiger partial charge in [-0.05, 0) is 44.1 Å². The normalized spacial score (nSPS) is 25.9. The maximum absolute atomic E-state index is 10.8. The molecule has 1 aromatic carbocycles. The van der Waals surface area contributed by atoms with Crippen molar-refractivity contribution in [2.24, 2.45) is 0 Å². The maximum Gasteiger partial charge on any atom is 0.138 e. The zero-order chi connectivity index (χ0) is 14.7. The van der Waals surface area contributed by atoms with Crippen LogP contribution in [0.4, 0.5) is 0 Å². The van der Waals surface area contributed by atoms with Gasteiger partial charge >= 0.3 is 0 Å². The smallest absolute Gasteiger partial charge is 0.138 e. The van der Waals surface area contributed by atoms with Gasteiger partial charge in [-0.1, -0.05) is 30.3 Å². The van der Waals surface area contributed by atoms with Gasteiger partial charge in [0.1, 0.15) is 12.2 Å². The highest BCUT2D eigenvalue weighted by molar-refractivity contribution is 5.20. The number of aryl methyl sites for hydroxylation is 1. The number of aliphatic hydroxyl groups is 1. The van der Waals surface area contributed by atoms with E-state index in [0.717, 1.165) is 38.1 Å². The van der Waals surface area contributed by atoms with Crippen LogP contribution in [0.3, 0.4) is 0 Å². The first-order valence-corrected chi connectivity index (χ1v) is 7.84. The topological polar surface area (TPSA) is 50.9 Å². The number of aromatic nitrogens is 3. The molecular weight excluding hydrogens is 262 g/mol. The molecule has 0 saturated heterocycles. The van der Waals surface area contributed by atoms with Gasteiger partial charge in [-0.25, -0.2) is 4.98 Å². The molecule has 1 aromatic heterocycles. The lowest BCUT2D eigenvalue weighted by Crippen LogP contribution is -2.36. The highest BCUT2D eigenvalue weighted by Gasteiger charge is 2.35. The van der Waals surface area contributed by atoms with Crippen LogP contribution in [-0.2, 0) is 13.0 Å². The molecule has 4 nitrogen and oxygen atoms in total. The Hall–Kier alpha value is -1.68. The zero-order valence-corrected chi connectivity index (χ0v) is 12.6. The highest BCUT2D eigenvalue weighted by Crippen LogP contribution is 2.39. The molecule has 0 amide bonds. The first kappa shape index (κ1) is 14.3. The minimum atomic E-state index is -0.620. The van der Waals surface area contributed by atoms with Crippen LogP contribution in [0.15, 0.2) is 36.7 Å². The Bertz CT molecular complexity index is 571. The molecule has 1 N–H and O–H groups in total. The monoisotopic (exact) mass is 285 g/mol. The lowest BCUT2D eigenvalue weighted by Gasteiger charge is -2.36. The third kappa shape index (κ3) is 3.16. The van der Waals surface area contributed by atoms with Gasteiger partial charge < -0.3 is 5.11 Å². The Morgan fingerprint density at radius 1 is 1.24 bits per heavy atom. The summed E-state index contributed by atoms with van der Waals surface area (Å²) in [5.41, 5.74) is 0.780. The summed E-state index contributed by atoms with van der Waals surface area (Å²) in [4.78, 5) is 4.30. The van der Waals surface area contributed by atoms with E-state index in [-0.39, 0.29) is 0 Å². The van der Waals surface area contributed by atoms with Crippen molar-refractivity contribution in [3.63, 3.8) is 0 Å². The van der Waals surface area contributed by atoms with Crippen LogP contribution in [0.25, 0.3) is 0 Å². The number of hydrogen-bond acceptors (Lipinski definition) is 3. The number of rotatable bonds is 4. The van der Waals surface area contributed by atoms with Gasteiger partial charge in [0.15, 0.2) is 0 Å². The molecule has 1 saturated carbocycles. The molecular formula is C17H23N3O. The fraction of sp³-hybridized carbons (Fsp3) is 0.529. The molecule has 0 radical (unpaired) electrons. The first-order chi connectivity index (χ1) is 10.2. The fourth-order valence-electron chi connectivity index (χ4n) is 3.37. The zero-order valence-electron chi connectivity index (χ0n) is 12.6. The number of hydrogen-bond donors (Lipinski definition) is 1. The van der Waals surface area contributed by atoms with Crippen LogP contribution in [0, 0.1) is 0 Å². The second kappa shape index (κ2) is 5.98. The van der Waals surface area contributed by atoms with E-state index in [0.29, 0.717) is 12.3 Å². The Morgan fingerprint density at radius 2 is 1.95 bits per heavy atom. The SMILES string of the molecule is CCn1ncnc1CC1(O)CCC(c2ccccc2)CC1. The molecule has 1 aliphatic carbocycles. The largest absolute Gasteiger partial charge is 0.389 e. The molecule has 1 heterocycles. The van der Waals surface area contributed by atoms with E-state index in [9.17, 15) is 5.11 Å². The molecule has 0 unspecified atom stereocenters. The van der Waals surface area contributed by atoms with Crippen LogP contribution < -0.4 is 0 Å². The van der Waals surface area contributed by atoms with Crippen molar-refractivity contribution in [2.45, 2.75) is 57.1 Å². The van der Waals surface area contributed by atoms with E-state index in [1.807, 2.05) is 4.68 Å². The third-order valence-electron chi connectivity index (χ3n) is 4.67. The van der Waals surface area contributed by atoms with E-state index >= 15 is 0 Å². The lowest BCUT2D eigenvalue weighted by atomic mass is 9.74. The average molecular weight is 285 g/mol. The summed E-state index contributed by atoms with van der Waals surface area (Å²) in [5, 5.41) is 15.0. The second-order valence-electron chi connectivity index (χ2n) is 6.08. The van der Waals surface area contributed by atoms with Crippen molar-refractivity contribution in [1.29, 1.82) is 0 Å². The molecule has 4 heteroatoms. The van der Waals surface area contributed by atoms with Crippen molar-refractivity contribution in [2.75, 3.05) is 0 Å². The van der Waals surface area contributed by atoms with Crippen molar-refractivity contribution in [3.8, 4) is 0 Å². The average Bonchev–Trinajstić information content (AvgIpc) is 2.95. The summed E-state index contributed by atoms with van der Waals surface area (Å²) < 4.78 is 1.88. The van der Waals surface area contributed by atoms with E-state index in [2.05, 4.69) is 47.3 Å². The third-order valence-corrected chi connectivity index (χ3v) is 4.67. The molecule has 2 aromatic rings. The molecule has 21 heavy (non-hydrogen) atoms. The molecule has 0 aliphatic heterocycles. The Balaban J connectivity index is 1.64. The summed E-state index contributed by atoms with van der Waals surface area (Å²) in [7, 11) is 0. The predicted molar refractivity (Wildman–Crippen MR) is 82.0 cm³/mol. The number of nitrogens with zero attached hydrogens (tertiary/aromatic N) is 3. The molecule has 0 bridgehead atoms. The van der Waals surface area contributed by atoms with Gasteiger partial charge in [-0.15, -0.1) is 0 Å². The van der Waals surface area contributed by atoms with Crippen LogP contribution in [0.2, 0.25) is 0 Å². The summed E-state index contributed by atoms with van der Waals surface area (Å²) >= 11 is 0. The van der Waals surface area contributed by atoms with Crippen LogP contribution >= 0.6 is 0 Å².